The Labute approximate surface area is 156 Å². The van der Waals surface area contributed by atoms with E-state index in [4.69, 9.17) is 4.98 Å². The van der Waals surface area contributed by atoms with Gasteiger partial charge in [-0.1, -0.05) is 17.3 Å². The quantitative estimate of drug-likeness (QED) is 0.592. The Morgan fingerprint density at radius 3 is 3.07 bits per heavy atom. The summed E-state index contributed by atoms with van der Waals surface area (Å²) in [4.78, 5) is 15.9. The van der Waals surface area contributed by atoms with Crippen LogP contribution in [-0.4, -0.2) is 56.1 Å². The summed E-state index contributed by atoms with van der Waals surface area (Å²) in [5.74, 6) is 0.881. The average Bonchev–Trinajstić information content (AvgIpc) is 3.35. The van der Waals surface area contributed by atoms with E-state index in [0.29, 0.717) is 23.9 Å². The van der Waals surface area contributed by atoms with Gasteiger partial charge in [0.05, 0.1) is 18.3 Å². The lowest BCUT2D eigenvalue weighted by Crippen LogP contribution is -2.29. The van der Waals surface area contributed by atoms with Gasteiger partial charge in [0.2, 0.25) is 5.65 Å². The molecule has 0 amide bonds. The number of hydrogen-bond donors (Lipinski definition) is 1. The summed E-state index contributed by atoms with van der Waals surface area (Å²) in [5.41, 5.74) is 3.41. The van der Waals surface area contributed by atoms with Gasteiger partial charge < -0.3 is 10.2 Å². The van der Waals surface area contributed by atoms with Crippen LogP contribution in [0.15, 0.2) is 42.7 Å². The van der Waals surface area contributed by atoms with Crippen molar-refractivity contribution in [1.29, 1.82) is 0 Å². The molecule has 4 aromatic rings. The first-order valence-corrected chi connectivity index (χ1v) is 9.12. The van der Waals surface area contributed by atoms with Crippen LogP contribution >= 0.6 is 0 Å². The van der Waals surface area contributed by atoms with E-state index >= 15 is 0 Å². The van der Waals surface area contributed by atoms with Gasteiger partial charge in [0, 0.05) is 30.7 Å². The zero-order chi connectivity index (χ0) is 18.2. The second kappa shape index (κ2) is 6.55. The van der Waals surface area contributed by atoms with E-state index in [0.717, 1.165) is 41.8 Å². The third-order valence-corrected chi connectivity index (χ3v) is 5.13. The zero-order valence-electron chi connectivity index (χ0n) is 15.1. The molecule has 1 unspecified atom stereocenters. The molecular formula is C19H20N8. The standard InChI is InChI=1S/C19H20N8/c1-20-15-6-8-26(12-15)17-10-22-18-19(23-17)27(25-24-18)11-13-4-5-16-14(9-13)3-2-7-21-16/h2-5,7,9-10,15,20H,6,8,11-12H2,1H3. The number of anilines is 1. The van der Waals surface area contributed by atoms with Crippen LogP contribution in [0.1, 0.15) is 12.0 Å². The monoisotopic (exact) mass is 360 g/mol. The molecule has 0 bridgehead atoms. The summed E-state index contributed by atoms with van der Waals surface area (Å²) in [6.07, 6.45) is 4.71. The Morgan fingerprint density at radius 1 is 1.22 bits per heavy atom. The number of rotatable bonds is 4. The van der Waals surface area contributed by atoms with Gasteiger partial charge in [0.25, 0.3) is 0 Å². The van der Waals surface area contributed by atoms with Crippen molar-refractivity contribution in [2.45, 2.75) is 19.0 Å². The number of pyridine rings is 1. The number of likely N-dealkylation sites (N-methyl/N-ethyl adjacent to an activating group) is 1. The molecule has 3 aromatic heterocycles. The molecule has 1 saturated heterocycles. The highest BCUT2D eigenvalue weighted by Crippen LogP contribution is 2.20. The molecule has 5 rings (SSSR count). The van der Waals surface area contributed by atoms with Gasteiger partial charge in [-0.15, -0.1) is 5.10 Å². The molecule has 1 N–H and O–H groups in total. The highest BCUT2D eigenvalue weighted by molar-refractivity contribution is 5.79. The second-order valence-corrected chi connectivity index (χ2v) is 6.87. The molecule has 27 heavy (non-hydrogen) atoms. The van der Waals surface area contributed by atoms with Crippen molar-refractivity contribution in [1.82, 2.24) is 35.3 Å². The number of hydrogen-bond acceptors (Lipinski definition) is 7. The fourth-order valence-electron chi connectivity index (χ4n) is 3.61. The summed E-state index contributed by atoms with van der Waals surface area (Å²) in [6, 6.07) is 10.7. The van der Waals surface area contributed by atoms with E-state index in [2.05, 4.69) is 48.7 Å². The SMILES string of the molecule is CNC1CCN(c2cnc3nnn(Cc4ccc5ncccc5c4)c3n2)C1. The molecule has 8 heteroatoms. The molecule has 4 heterocycles. The molecule has 0 spiro atoms. The van der Waals surface area contributed by atoms with Crippen LogP contribution in [0.2, 0.25) is 0 Å². The van der Waals surface area contributed by atoms with Gasteiger partial charge in [0.1, 0.15) is 5.82 Å². The minimum Gasteiger partial charge on any atom is -0.354 e. The van der Waals surface area contributed by atoms with Gasteiger partial charge in [-0.2, -0.15) is 0 Å². The van der Waals surface area contributed by atoms with E-state index in [1.807, 2.05) is 23.9 Å². The topological polar surface area (TPSA) is 84.6 Å². The Morgan fingerprint density at radius 2 is 2.19 bits per heavy atom. The Hall–Kier alpha value is -3.13. The van der Waals surface area contributed by atoms with Crippen molar-refractivity contribution in [2.75, 3.05) is 25.0 Å². The Kier molecular flexibility index (Phi) is 3.90. The van der Waals surface area contributed by atoms with Crippen LogP contribution in [0.3, 0.4) is 0 Å². The van der Waals surface area contributed by atoms with E-state index in [-0.39, 0.29) is 0 Å². The Bertz CT molecular complexity index is 1110. The van der Waals surface area contributed by atoms with Crippen molar-refractivity contribution < 1.29 is 0 Å². The summed E-state index contributed by atoms with van der Waals surface area (Å²) < 4.78 is 1.81. The third kappa shape index (κ3) is 2.97. The van der Waals surface area contributed by atoms with Crippen molar-refractivity contribution in [3.05, 3.63) is 48.3 Å². The first-order chi connectivity index (χ1) is 13.3. The molecule has 136 valence electrons. The zero-order valence-corrected chi connectivity index (χ0v) is 15.1. The molecule has 1 atom stereocenters. The number of aromatic nitrogens is 6. The van der Waals surface area contributed by atoms with Crippen molar-refractivity contribution in [3.8, 4) is 0 Å². The first-order valence-electron chi connectivity index (χ1n) is 9.12. The van der Waals surface area contributed by atoms with Gasteiger partial charge >= 0.3 is 0 Å². The van der Waals surface area contributed by atoms with Gasteiger partial charge in [-0.25, -0.2) is 14.6 Å². The normalized spacial score (nSPS) is 17.2. The maximum atomic E-state index is 4.81. The predicted octanol–water partition coefficient (Wildman–Crippen LogP) is 1.62. The maximum absolute atomic E-state index is 4.81. The van der Waals surface area contributed by atoms with Gasteiger partial charge in [-0.3, -0.25) is 4.98 Å². The van der Waals surface area contributed by atoms with Gasteiger partial charge in [-0.05, 0) is 37.2 Å². The predicted molar refractivity (Wildman–Crippen MR) is 104 cm³/mol. The number of nitrogens with zero attached hydrogens (tertiary/aromatic N) is 7. The molecule has 0 saturated carbocycles. The smallest absolute Gasteiger partial charge is 0.221 e. The maximum Gasteiger partial charge on any atom is 0.221 e. The summed E-state index contributed by atoms with van der Waals surface area (Å²) in [5, 5.41) is 12.9. The van der Waals surface area contributed by atoms with Crippen molar-refractivity contribution in [2.24, 2.45) is 0 Å². The Balaban J connectivity index is 1.46. The third-order valence-electron chi connectivity index (χ3n) is 5.13. The summed E-state index contributed by atoms with van der Waals surface area (Å²) in [6.45, 7) is 2.51. The number of nitrogens with one attached hydrogen (secondary N) is 1. The van der Waals surface area contributed by atoms with Crippen LogP contribution in [0.4, 0.5) is 5.82 Å². The van der Waals surface area contributed by atoms with Crippen molar-refractivity contribution in [3.63, 3.8) is 0 Å². The summed E-state index contributed by atoms with van der Waals surface area (Å²) in [7, 11) is 2.00. The second-order valence-electron chi connectivity index (χ2n) is 6.87. The van der Waals surface area contributed by atoms with Crippen LogP contribution in [0.25, 0.3) is 22.2 Å². The summed E-state index contributed by atoms with van der Waals surface area (Å²) >= 11 is 0. The highest BCUT2D eigenvalue weighted by atomic mass is 15.5. The first kappa shape index (κ1) is 16.1. The molecular weight excluding hydrogens is 340 g/mol. The molecule has 8 nitrogen and oxygen atoms in total. The molecule has 1 aliphatic heterocycles. The van der Waals surface area contributed by atoms with Crippen molar-refractivity contribution >= 4 is 28.0 Å². The van der Waals surface area contributed by atoms with E-state index in [1.54, 1.807) is 12.4 Å². The lowest BCUT2D eigenvalue weighted by atomic mass is 10.1. The molecule has 0 aliphatic carbocycles. The van der Waals surface area contributed by atoms with Crippen LogP contribution < -0.4 is 10.2 Å². The largest absolute Gasteiger partial charge is 0.354 e. The van der Waals surface area contributed by atoms with E-state index in [9.17, 15) is 0 Å². The molecule has 1 aromatic carbocycles. The molecule has 1 aliphatic rings. The number of fused-ring (bicyclic) bond motifs is 2. The lowest BCUT2D eigenvalue weighted by Gasteiger charge is -2.16. The fourth-order valence-corrected chi connectivity index (χ4v) is 3.61. The fraction of sp³-hybridized carbons (Fsp3) is 0.316. The lowest BCUT2D eigenvalue weighted by molar-refractivity contribution is 0.616. The van der Waals surface area contributed by atoms with Crippen LogP contribution in [0.5, 0.6) is 0 Å². The van der Waals surface area contributed by atoms with Crippen LogP contribution in [0, 0.1) is 0 Å². The van der Waals surface area contributed by atoms with Crippen LogP contribution in [-0.2, 0) is 6.54 Å². The van der Waals surface area contributed by atoms with Gasteiger partial charge in [0.15, 0.2) is 5.65 Å². The minimum atomic E-state index is 0.497. The van der Waals surface area contributed by atoms with E-state index in [1.165, 1.54) is 0 Å². The number of benzene rings is 1. The average molecular weight is 360 g/mol. The minimum absolute atomic E-state index is 0.497. The molecule has 0 radical (unpaired) electrons. The molecule has 1 fully saturated rings. The highest BCUT2D eigenvalue weighted by Gasteiger charge is 2.23. The van der Waals surface area contributed by atoms with E-state index < -0.39 is 0 Å².